The molecule has 1 aromatic heterocycles. The van der Waals surface area contributed by atoms with E-state index in [1.54, 1.807) is 11.0 Å². The van der Waals surface area contributed by atoms with E-state index in [4.69, 9.17) is 4.74 Å². The van der Waals surface area contributed by atoms with E-state index in [9.17, 15) is 14.9 Å². The zero-order chi connectivity index (χ0) is 21.0. The molecule has 0 bridgehead atoms. The van der Waals surface area contributed by atoms with Crippen LogP contribution in [0.4, 0.5) is 9.80 Å². The average molecular weight is 410 g/mol. The summed E-state index contributed by atoms with van der Waals surface area (Å²) in [6.45, 7) is 6.34. The second kappa shape index (κ2) is 8.50. The monoisotopic (exact) mass is 409 g/mol. The third-order valence-corrected chi connectivity index (χ3v) is 5.42. The van der Waals surface area contributed by atoms with Gasteiger partial charge >= 0.3 is 6.09 Å². The molecule has 0 unspecified atom stereocenters. The van der Waals surface area contributed by atoms with Crippen molar-refractivity contribution in [3.8, 4) is 6.07 Å². The summed E-state index contributed by atoms with van der Waals surface area (Å²) in [6, 6.07) is 11.7. The molecule has 0 atom stereocenters. The first-order valence-electron chi connectivity index (χ1n) is 9.33. The van der Waals surface area contributed by atoms with Crippen molar-refractivity contribution in [2.75, 3.05) is 11.9 Å². The van der Waals surface area contributed by atoms with E-state index in [2.05, 4.69) is 11.4 Å². The van der Waals surface area contributed by atoms with E-state index in [1.807, 2.05) is 51.1 Å². The van der Waals surface area contributed by atoms with Crippen molar-refractivity contribution in [2.24, 2.45) is 0 Å². The number of nitrogens with zero attached hydrogens (tertiary/aromatic N) is 2. The van der Waals surface area contributed by atoms with Crippen molar-refractivity contribution in [3.05, 3.63) is 58.0 Å². The number of benzene rings is 1. The van der Waals surface area contributed by atoms with Gasteiger partial charge < -0.3 is 15.0 Å². The van der Waals surface area contributed by atoms with Crippen LogP contribution >= 0.6 is 11.3 Å². The van der Waals surface area contributed by atoms with Gasteiger partial charge in [0, 0.05) is 17.5 Å². The number of nitriles is 1. The molecule has 1 aliphatic heterocycles. The number of carbonyl (C=O) groups is 2. The fraction of sp³-hybridized carbons (Fsp3) is 0.318. The zero-order valence-corrected chi connectivity index (χ0v) is 17.5. The number of carbonyl (C=O) groups excluding carboxylic acids is 2. The maximum Gasteiger partial charge on any atom is 0.410 e. The quantitative estimate of drug-likeness (QED) is 0.753. The average Bonchev–Trinajstić information content (AvgIpc) is 3.01. The van der Waals surface area contributed by atoms with Gasteiger partial charge in [-0.05, 0) is 44.4 Å². The third-order valence-electron chi connectivity index (χ3n) is 4.28. The Hall–Kier alpha value is -3.11. The molecule has 0 fully saturated rings. The van der Waals surface area contributed by atoms with Crippen molar-refractivity contribution in [1.29, 1.82) is 5.26 Å². The lowest BCUT2D eigenvalue weighted by molar-refractivity contribution is -0.111. The molecule has 7 heteroatoms. The van der Waals surface area contributed by atoms with Crippen LogP contribution in [0, 0.1) is 11.3 Å². The van der Waals surface area contributed by atoms with Gasteiger partial charge in [0.05, 0.1) is 12.1 Å². The van der Waals surface area contributed by atoms with E-state index in [1.165, 1.54) is 17.4 Å². The van der Waals surface area contributed by atoms with Gasteiger partial charge in [-0.1, -0.05) is 30.3 Å². The number of anilines is 1. The topological polar surface area (TPSA) is 82.4 Å². The number of thiophene rings is 1. The van der Waals surface area contributed by atoms with Gasteiger partial charge in [-0.15, -0.1) is 11.3 Å². The van der Waals surface area contributed by atoms with Gasteiger partial charge in [-0.3, -0.25) is 4.79 Å². The van der Waals surface area contributed by atoms with Crippen molar-refractivity contribution in [1.82, 2.24) is 4.90 Å². The largest absolute Gasteiger partial charge is 0.444 e. The Morgan fingerprint density at radius 2 is 2.00 bits per heavy atom. The normalized spacial score (nSPS) is 13.7. The van der Waals surface area contributed by atoms with Gasteiger partial charge in [0.1, 0.15) is 16.7 Å². The molecule has 2 aromatic rings. The van der Waals surface area contributed by atoms with Crippen molar-refractivity contribution in [3.63, 3.8) is 0 Å². The first kappa shape index (κ1) is 20.6. The Morgan fingerprint density at radius 1 is 1.28 bits per heavy atom. The molecule has 150 valence electrons. The molecular formula is C22H23N3O3S. The second-order valence-corrected chi connectivity index (χ2v) is 8.81. The lowest BCUT2D eigenvalue weighted by Gasteiger charge is -2.29. The predicted octanol–water partition coefficient (Wildman–Crippen LogP) is 4.56. The summed E-state index contributed by atoms with van der Waals surface area (Å²) in [5.41, 5.74) is 1.74. The van der Waals surface area contributed by atoms with Crippen LogP contribution in [-0.4, -0.2) is 29.0 Å². The highest BCUT2D eigenvalue weighted by molar-refractivity contribution is 7.16. The number of rotatable bonds is 3. The molecule has 0 aliphatic carbocycles. The van der Waals surface area contributed by atoms with E-state index in [-0.39, 0.29) is 12.0 Å². The standard InChI is InChI=1S/C22H23N3O3S/c1-22(2,3)28-21(27)25-12-11-16-17(13-23)20(29-18(16)14-25)24-19(26)10-9-15-7-5-4-6-8-15/h4-10H,11-12,14H2,1-3H3,(H,24,26). The molecule has 2 heterocycles. The van der Waals surface area contributed by atoms with E-state index in [0.29, 0.717) is 30.1 Å². The summed E-state index contributed by atoms with van der Waals surface area (Å²) < 4.78 is 5.44. The SMILES string of the molecule is CC(C)(C)OC(=O)N1CCc2c(sc(NC(=O)C=Cc3ccccc3)c2C#N)C1. The van der Waals surface area contributed by atoms with Crippen LogP contribution in [-0.2, 0) is 22.5 Å². The summed E-state index contributed by atoms with van der Waals surface area (Å²) in [6.07, 6.45) is 3.36. The molecule has 1 aromatic carbocycles. The number of amides is 2. The number of hydrogen-bond donors (Lipinski definition) is 1. The fourth-order valence-electron chi connectivity index (χ4n) is 2.98. The Morgan fingerprint density at radius 3 is 2.66 bits per heavy atom. The van der Waals surface area contributed by atoms with E-state index >= 15 is 0 Å². The molecular weight excluding hydrogens is 386 g/mol. The maximum atomic E-state index is 12.3. The number of nitrogens with one attached hydrogen (secondary N) is 1. The number of hydrogen-bond acceptors (Lipinski definition) is 5. The van der Waals surface area contributed by atoms with Crippen LogP contribution in [0.25, 0.3) is 6.08 Å². The highest BCUT2D eigenvalue weighted by Gasteiger charge is 2.29. The van der Waals surface area contributed by atoms with Crippen LogP contribution in [0.3, 0.4) is 0 Å². The number of fused-ring (bicyclic) bond motifs is 1. The predicted molar refractivity (Wildman–Crippen MR) is 113 cm³/mol. The Balaban J connectivity index is 1.73. The van der Waals surface area contributed by atoms with Gasteiger partial charge in [0.2, 0.25) is 5.91 Å². The molecule has 0 saturated heterocycles. The molecule has 0 radical (unpaired) electrons. The molecule has 0 saturated carbocycles. The third kappa shape index (κ3) is 5.24. The summed E-state index contributed by atoms with van der Waals surface area (Å²) in [5.74, 6) is -0.298. The van der Waals surface area contributed by atoms with Crippen LogP contribution in [0.2, 0.25) is 0 Å². The first-order valence-corrected chi connectivity index (χ1v) is 10.1. The lowest BCUT2D eigenvalue weighted by Crippen LogP contribution is -2.39. The van der Waals surface area contributed by atoms with Crippen LogP contribution < -0.4 is 5.32 Å². The highest BCUT2D eigenvalue weighted by Crippen LogP contribution is 2.37. The van der Waals surface area contributed by atoms with Gasteiger partial charge in [-0.25, -0.2) is 4.79 Å². The molecule has 1 aliphatic rings. The van der Waals surface area contributed by atoms with E-state index in [0.717, 1.165) is 16.0 Å². The Bertz CT molecular complexity index is 981. The smallest absolute Gasteiger partial charge is 0.410 e. The van der Waals surface area contributed by atoms with Gasteiger partial charge in [-0.2, -0.15) is 5.26 Å². The molecule has 2 amide bonds. The van der Waals surface area contributed by atoms with Crippen LogP contribution in [0.1, 0.15) is 42.3 Å². The minimum Gasteiger partial charge on any atom is -0.444 e. The summed E-state index contributed by atoms with van der Waals surface area (Å²) in [4.78, 5) is 27.2. The van der Waals surface area contributed by atoms with Crippen molar-refractivity contribution < 1.29 is 14.3 Å². The zero-order valence-electron chi connectivity index (χ0n) is 16.7. The summed E-state index contributed by atoms with van der Waals surface area (Å²) >= 11 is 1.34. The van der Waals surface area contributed by atoms with E-state index < -0.39 is 5.60 Å². The van der Waals surface area contributed by atoms with Crippen molar-refractivity contribution >= 4 is 34.4 Å². The molecule has 3 rings (SSSR count). The van der Waals surface area contributed by atoms with Crippen molar-refractivity contribution in [2.45, 2.75) is 39.3 Å². The van der Waals surface area contributed by atoms with Crippen LogP contribution in [0.15, 0.2) is 36.4 Å². The van der Waals surface area contributed by atoms with Gasteiger partial charge in [0.25, 0.3) is 0 Å². The second-order valence-electron chi connectivity index (χ2n) is 7.70. The molecule has 6 nitrogen and oxygen atoms in total. The van der Waals surface area contributed by atoms with Gasteiger partial charge in [0.15, 0.2) is 0 Å². The Labute approximate surface area is 174 Å². The summed E-state index contributed by atoms with van der Waals surface area (Å²) in [7, 11) is 0. The minimum absolute atomic E-state index is 0.298. The Kier molecular flexibility index (Phi) is 6.04. The molecule has 0 spiro atoms. The molecule has 1 N–H and O–H groups in total. The van der Waals surface area contributed by atoms with Crippen LogP contribution in [0.5, 0.6) is 0 Å². The molecule has 29 heavy (non-hydrogen) atoms. The lowest BCUT2D eigenvalue weighted by atomic mass is 10.0. The first-order chi connectivity index (χ1) is 13.8. The summed E-state index contributed by atoms with van der Waals surface area (Å²) in [5, 5.41) is 12.9. The number of ether oxygens (including phenoxy) is 1. The minimum atomic E-state index is -0.561. The maximum absolute atomic E-state index is 12.3. The fourth-order valence-corrected chi connectivity index (χ4v) is 4.20. The highest BCUT2D eigenvalue weighted by atomic mass is 32.1.